The summed E-state index contributed by atoms with van der Waals surface area (Å²) >= 11 is 0. The molecule has 0 saturated heterocycles. The summed E-state index contributed by atoms with van der Waals surface area (Å²) in [5.74, 6) is 2.60. The van der Waals surface area contributed by atoms with Gasteiger partial charge in [0, 0.05) is 30.5 Å². The Morgan fingerprint density at radius 1 is 1.09 bits per heavy atom. The number of pyridine rings is 1. The molecular weight excluding hydrogens is 442 g/mol. The Kier molecular flexibility index (Phi) is 4.54. The Hall–Kier alpha value is -4.27. The van der Waals surface area contributed by atoms with Gasteiger partial charge in [-0.05, 0) is 56.0 Å². The van der Waals surface area contributed by atoms with Crippen LogP contribution in [0.3, 0.4) is 0 Å². The average Bonchev–Trinajstić information content (AvgIpc) is 3.29. The topological polar surface area (TPSA) is 104 Å². The minimum absolute atomic E-state index is 0.224. The number of aryl methyl sites for hydroxylation is 1. The molecule has 5 heterocycles. The van der Waals surface area contributed by atoms with Crippen molar-refractivity contribution in [3.05, 3.63) is 72.3 Å². The molecule has 5 aromatic rings. The molecule has 174 valence electrons. The number of anilines is 1. The summed E-state index contributed by atoms with van der Waals surface area (Å²) in [4.78, 5) is 22.2. The maximum Gasteiger partial charge on any atom is 0.292 e. The summed E-state index contributed by atoms with van der Waals surface area (Å²) in [6.45, 7) is 0.885. The summed E-state index contributed by atoms with van der Waals surface area (Å²) in [6, 6.07) is 13.1. The number of hydrogen-bond acceptors (Lipinski definition) is 6. The Morgan fingerprint density at radius 2 is 2.00 bits per heavy atom. The predicted molar refractivity (Wildman–Crippen MR) is 129 cm³/mol. The van der Waals surface area contributed by atoms with E-state index in [0.29, 0.717) is 23.0 Å². The molecule has 9 nitrogen and oxygen atoms in total. The Balaban J connectivity index is 1.16. The van der Waals surface area contributed by atoms with Gasteiger partial charge in [-0.2, -0.15) is 0 Å². The molecule has 1 saturated carbocycles. The first-order chi connectivity index (χ1) is 17.2. The lowest BCUT2D eigenvalue weighted by molar-refractivity contribution is 0.0998. The lowest BCUT2D eigenvalue weighted by Crippen LogP contribution is -2.13. The van der Waals surface area contributed by atoms with E-state index in [1.54, 1.807) is 12.1 Å². The zero-order chi connectivity index (χ0) is 23.4. The molecule has 1 aromatic carbocycles. The molecule has 35 heavy (non-hydrogen) atoms. The average molecular weight is 466 g/mol. The minimum Gasteiger partial charge on any atom is -0.451 e. The Labute approximate surface area is 200 Å². The normalized spacial score (nSPS) is 15.3. The van der Waals surface area contributed by atoms with Crippen LogP contribution in [0.2, 0.25) is 0 Å². The molecule has 1 fully saturated rings. The number of furan rings is 1. The van der Waals surface area contributed by atoms with Gasteiger partial charge in [-0.1, -0.05) is 12.1 Å². The van der Waals surface area contributed by atoms with E-state index in [-0.39, 0.29) is 11.7 Å². The maximum absolute atomic E-state index is 13.1. The zero-order valence-electron chi connectivity index (χ0n) is 19.0. The third-order valence-corrected chi connectivity index (χ3v) is 6.72. The van der Waals surface area contributed by atoms with Crippen molar-refractivity contribution in [2.45, 2.75) is 44.6 Å². The van der Waals surface area contributed by atoms with E-state index < -0.39 is 0 Å². The summed E-state index contributed by atoms with van der Waals surface area (Å²) in [5.41, 5.74) is 3.37. The first-order valence-corrected chi connectivity index (χ1v) is 12.0. The van der Waals surface area contributed by atoms with Crippen LogP contribution in [0, 0.1) is 0 Å². The molecule has 1 aliphatic heterocycles. The number of imidazole rings is 1. The highest BCUT2D eigenvalue weighted by atomic mass is 16.3. The molecule has 1 N–H and O–H groups in total. The summed E-state index contributed by atoms with van der Waals surface area (Å²) in [6.07, 6.45) is 9.45. The van der Waals surface area contributed by atoms with Crippen molar-refractivity contribution >= 4 is 22.7 Å². The molecule has 7 rings (SSSR count). The number of hydrogen-bond donors (Lipinski definition) is 1. The van der Waals surface area contributed by atoms with Crippen LogP contribution in [0.15, 0.2) is 59.4 Å². The van der Waals surface area contributed by atoms with Crippen molar-refractivity contribution in [2.24, 2.45) is 0 Å². The van der Waals surface area contributed by atoms with Gasteiger partial charge in [0.15, 0.2) is 11.6 Å². The van der Waals surface area contributed by atoms with Gasteiger partial charge >= 0.3 is 0 Å². The van der Waals surface area contributed by atoms with Crippen LogP contribution in [0.4, 0.5) is 5.82 Å². The number of nitrogens with zero attached hydrogens (tertiary/aromatic N) is 6. The largest absolute Gasteiger partial charge is 0.451 e. The molecule has 1 amide bonds. The van der Waals surface area contributed by atoms with E-state index in [1.165, 1.54) is 12.8 Å². The van der Waals surface area contributed by atoms with Gasteiger partial charge in [0.2, 0.25) is 0 Å². The summed E-state index contributed by atoms with van der Waals surface area (Å²) in [7, 11) is 0. The van der Waals surface area contributed by atoms with Gasteiger partial charge in [-0.3, -0.25) is 4.79 Å². The Morgan fingerprint density at radius 3 is 2.91 bits per heavy atom. The van der Waals surface area contributed by atoms with Crippen molar-refractivity contribution in [3.63, 3.8) is 0 Å². The van der Waals surface area contributed by atoms with Crippen LogP contribution in [0.1, 0.15) is 53.7 Å². The quantitative estimate of drug-likeness (QED) is 0.402. The van der Waals surface area contributed by atoms with Gasteiger partial charge in [-0.15, -0.1) is 10.2 Å². The molecule has 2 aliphatic rings. The number of benzene rings is 1. The standard InChI is InChI=1S/C26H23N7O2/c34-26(29-23-8-3-5-18(28-23)25-31-30-24-9-1-2-12-33(24)25)22-13-17-20(6-4-7-21(17)35-22)32-14-19(27-15-32)16-10-11-16/h3-8,13-16H,1-2,9-12H2,(H,28,29,34). The van der Waals surface area contributed by atoms with Gasteiger partial charge in [0.25, 0.3) is 5.91 Å². The molecule has 0 atom stereocenters. The van der Waals surface area contributed by atoms with Gasteiger partial charge in [-0.25, -0.2) is 9.97 Å². The second-order valence-corrected chi connectivity index (χ2v) is 9.19. The molecule has 0 spiro atoms. The molecule has 0 unspecified atom stereocenters. The second kappa shape index (κ2) is 7.90. The number of aromatic nitrogens is 6. The smallest absolute Gasteiger partial charge is 0.292 e. The monoisotopic (exact) mass is 465 g/mol. The van der Waals surface area contributed by atoms with Crippen molar-refractivity contribution < 1.29 is 9.21 Å². The number of amides is 1. The second-order valence-electron chi connectivity index (χ2n) is 9.19. The first-order valence-electron chi connectivity index (χ1n) is 12.0. The van der Waals surface area contributed by atoms with E-state index in [2.05, 4.69) is 36.2 Å². The number of carbonyl (C=O) groups excluding carboxylic acids is 1. The summed E-state index contributed by atoms with van der Waals surface area (Å²) < 4.78 is 10.0. The van der Waals surface area contributed by atoms with Crippen molar-refractivity contribution in [1.29, 1.82) is 0 Å². The Bertz CT molecular complexity index is 1570. The molecular formula is C26H23N7O2. The molecule has 9 heteroatoms. The zero-order valence-corrected chi connectivity index (χ0v) is 19.0. The SMILES string of the molecule is O=C(Nc1cccc(-c2nnc3n2CCCC3)n1)c1cc2c(-n3cnc(C4CC4)c3)cccc2o1. The van der Waals surface area contributed by atoms with Crippen molar-refractivity contribution in [3.8, 4) is 17.2 Å². The predicted octanol–water partition coefficient (Wildman–Crippen LogP) is 4.74. The fourth-order valence-corrected chi connectivity index (χ4v) is 4.75. The van der Waals surface area contributed by atoms with Gasteiger partial charge < -0.3 is 18.9 Å². The van der Waals surface area contributed by atoms with Crippen LogP contribution in [0.5, 0.6) is 0 Å². The highest BCUT2D eigenvalue weighted by Gasteiger charge is 2.26. The van der Waals surface area contributed by atoms with Gasteiger partial charge in [0.1, 0.15) is 22.9 Å². The minimum atomic E-state index is -0.357. The van der Waals surface area contributed by atoms with E-state index in [0.717, 1.165) is 54.2 Å². The van der Waals surface area contributed by atoms with Crippen molar-refractivity contribution in [1.82, 2.24) is 29.3 Å². The summed E-state index contributed by atoms with van der Waals surface area (Å²) in [5, 5.41) is 12.4. The number of nitrogens with one attached hydrogen (secondary N) is 1. The maximum atomic E-state index is 13.1. The number of rotatable bonds is 5. The fraction of sp³-hybridized carbons (Fsp3) is 0.269. The van der Waals surface area contributed by atoms with E-state index in [1.807, 2.05) is 41.2 Å². The molecule has 1 aliphatic carbocycles. The van der Waals surface area contributed by atoms with Crippen molar-refractivity contribution in [2.75, 3.05) is 5.32 Å². The van der Waals surface area contributed by atoms with E-state index >= 15 is 0 Å². The van der Waals surface area contributed by atoms with E-state index in [9.17, 15) is 4.79 Å². The first kappa shape index (κ1) is 20.1. The van der Waals surface area contributed by atoms with Crippen LogP contribution in [-0.2, 0) is 13.0 Å². The molecule has 4 aromatic heterocycles. The highest BCUT2D eigenvalue weighted by molar-refractivity contribution is 6.05. The molecule has 0 bridgehead atoms. The number of fused-ring (bicyclic) bond motifs is 2. The number of carbonyl (C=O) groups is 1. The van der Waals surface area contributed by atoms with Crippen LogP contribution < -0.4 is 5.32 Å². The lowest BCUT2D eigenvalue weighted by Gasteiger charge is -2.14. The molecule has 0 radical (unpaired) electrons. The van der Waals surface area contributed by atoms with Crippen LogP contribution >= 0.6 is 0 Å². The van der Waals surface area contributed by atoms with E-state index in [4.69, 9.17) is 4.42 Å². The third-order valence-electron chi connectivity index (χ3n) is 6.72. The van der Waals surface area contributed by atoms with Crippen LogP contribution in [0.25, 0.3) is 28.2 Å². The fourth-order valence-electron chi connectivity index (χ4n) is 4.75. The van der Waals surface area contributed by atoms with Gasteiger partial charge in [0.05, 0.1) is 17.7 Å². The third kappa shape index (κ3) is 3.60. The highest BCUT2D eigenvalue weighted by Crippen LogP contribution is 2.39. The lowest BCUT2D eigenvalue weighted by atomic mass is 10.1. The van der Waals surface area contributed by atoms with Crippen LogP contribution in [-0.4, -0.2) is 35.2 Å².